The summed E-state index contributed by atoms with van der Waals surface area (Å²) in [4.78, 5) is 24.6. The highest BCUT2D eigenvalue weighted by Crippen LogP contribution is 2.27. The normalized spacial score (nSPS) is 15.9. The second kappa shape index (κ2) is 10.6. The van der Waals surface area contributed by atoms with E-state index in [9.17, 15) is 14.0 Å². The van der Waals surface area contributed by atoms with Gasteiger partial charge in [-0.1, -0.05) is 12.1 Å². The van der Waals surface area contributed by atoms with Crippen molar-refractivity contribution in [1.29, 1.82) is 5.41 Å². The lowest BCUT2D eigenvalue weighted by Gasteiger charge is -2.16. The highest BCUT2D eigenvalue weighted by atomic mass is 19.1. The van der Waals surface area contributed by atoms with E-state index in [-0.39, 0.29) is 42.7 Å². The van der Waals surface area contributed by atoms with Crippen LogP contribution in [0.25, 0.3) is 11.1 Å². The maximum absolute atomic E-state index is 15.0. The van der Waals surface area contributed by atoms with E-state index in [2.05, 4.69) is 10.4 Å². The first-order valence-corrected chi connectivity index (χ1v) is 11.5. The molecular weight excluding hydrogens is 465 g/mol. The van der Waals surface area contributed by atoms with Gasteiger partial charge in [0.25, 0.3) is 0 Å². The van der Waals surface area contributed by atoms with Crippen molar-refractivity contribution in [2.45, 2.75) is 32.4 Å². The Balaban J connectivity index is 1.41. The fraction of sp³-hybridized carbons (Fsp3) is 0.308. The van der Waals surface area contributed by atoms with E-state index >= 15 is 0 Å². The van der Waals surface area contributed by atoms with Crippen molar-refractivity contribution in [1.82, 2.24) is 15.1 Å². The average molecular weight is 494 g/mol. The Bertz CT molecular complexity index is 1290. The Morgan fingerprint density at radius 1 is 1.31 bits per heavy atom. The Morgan fingerprint density at radius 2 is 2.11 bits per heavy atom. The number of rotatable bonds is 9. The molecule has 0 aliphatic carbocycles. The van der Waals surface area contributed by atoms with Crippen molar-refractivity contribution in [3.63, 3.8) is 0 Å². The minimum Gasteiger partial charge on any atom is -0.497 e. The minimum absolute atomic E-state index is 0.123. The van der Waals surface area contributed by atoms with Crippen LogP contribution in [-0.4, -0.2) is 53.8 Å². The van der Waals surface area contributed by atoms with E-state index in [0.717, 1.165) is 16.9 Å². The van der Waals surface area contributed by atoms with Gasteiger partial charge in [-0.2, -0.15) is 5.10 Å². The molecule has 2 aromatic carbocycles. The van der Waals surface area contributed by atoms with Crippen molar-refractivity contribution in [2.75, 3.05) is 25.1 Å². The first-order valence-electron chi connectivity index (χ1n) is 11.5. The highest BCUT2D eigenvalue weighted by Gasteiger charge is 2.32. The molecule has 4 rings (SSSR count). The quantitative estimate of drug-likeness (QED) is 0.435. The van der Waals surface area contributed by atoms with Crippen LogP contribution in [0, 0.1) is 11.2 Å². The molecule has 1 saturated heterocycles. The van der Waals surface area contributed by atoms with Gasteiger partial charge in [0.05, 0.1) is 38.1 Å². The molecule has 0 radical (unpaired) electrons. The van der Waals surface area contributed by atoms with Gasteiger partial charge >= 0.3 is 6.09 Å². The summed E-state index contributed by atoms with van der Waals surface area (Å²) in [5, 5.41) is 15.5. The second-order valence-corrected chi connectivity index (χ2v) is 8.69. The van der Waals surface area contributed by atoms with Crippen LogP contribution in [0.5, 0.6) is 5.75 Å². The third kappa shape index (κ3) is 5.54. The van der Waals surface area contributed by atoms with Crippen LogP contribution < -0.4 is 15.0 Å². The van der Waals surface area contributed by atoms with Gasteiger partial charge < -0.3 is 20.2 Å². The molecule has 188 valence electrons. The second-order valence-electron chi connectivity index (χ2n) is 8.69. The molecule has 1 aliphatic rings. The van der Waals surface area contributed by atoms with E-state index in [0.29, 0.717) is 5.69 Å². The largest absolute Gasteiger partial charge is 0.497 e. The van der Waals surface area contributed by atoms with E-state index in [1.807, 2.05) is 37.4 Å². The number of benzene rings is 2. The molecule has 3 aromatic rings. The summed E-state index contributed by atoms with van der Waals surface area (Å²) < 4.78 is 27.2. The molecule has 10 heteroatoms. The molecular formula is C26H28FN5O4. The lowest BCUT2D eigenvalue weighted by Crippen LogP contribution is -2.33. The SMILES string of the molecule is COc1cccc(-c2cnn([C@H](C)CC(=N)c3ccc(N4C[C@H](CNC(C)=O)OC4=O)cc3F)c2)c1. The van der Waals surface area contributed by atoms with Gasteiger partial charge in [0.2, 0.25) is 5.91 Å². The van der Waals surface area contributed by atoms with Crippen molar-refractivity contribution < 1.29 is 23.5 Å². The number of hydrogen-bond acceptors (Lipinski definition) is 6. The van der Waals surface area contributed by atoms with E-state index in [4.69, 9.17) is 14.9 Å². The Labute approximate surface area is 208 Å². The highest BCUT2D eigenvalue weighted by molar-refractivity contribution is 5.99. The first kappa shape index (κ1) is 24.9. The van der Waals surface area contributed by atoms with Gasteiger partial charge in [0.1, 0.15) is 17.7 Å². The van der Waals surface area contributed by atoms with Crippen LogP contribution in [0.15, 0.2) is 54.9 Å². The number of hydrogen-bond donors (Lipinski definition) is 2. The van der Waals surface area contributed by atoms with Crippen LogP contribution in [0.4, 0.5) is 14.9 Å². The molecule has 36 heavy (non-hydrogen) atoms. The number of carbonyl (C=O) groups excluding carboxylic acids is 2. The van der Waals surface area contributed by atoms with Crippen LogP contribution in [0.2, 0.25) is 0 Å². The number of methoxy groups -OCH3 is 1. The lowest BCUT2D eigenvalue weighted by molar-refractivity contribution is -0.119. The van der Waals surface area contributed by atoms with Gasteiger partial charge in [-0.15, -0.1) is 0 Å². The van der Waals surface area contributed by atoms with Crippen LogP contribution >= 0.6 is 0 Å². The third-order valence-corrected chi connectivity index (χ3v) is 6.00. The molecule has 0 bridgehead atoms. The molecule has 2 amide bonds. The van der Waals surface area contributed by atoms with Crippen molar-refractivity contribution in [3.8, 4) is 16.9 Å². The van der Waals surface area contributed by atoms with Crippen LogP contribution in [0.3, 0.4) is 0 Å². The maximum Gasteiger partial charge on any atom is 0.414 e. The van der Waals surface area contributed by atoms with Gasteiger partial charge in [-0.3, -0.25) is 14.4 Å². The van der Waals surface area contributed by atoms with Crippen molar-refractivity contribution >= 4 is 23.4 Å². The number of nitrogens with zero attached hydrogens (tertiary/aromatic N) is 3. The number of anilines is 1. The molecule has 1 aliphatic heterocycles. The molecule has 0 saturated carbocycles. The number of ether oxygens (including phenoxy) is 2. The van der Waals surface area contributed by atoms with Crippen LogP contribution in [-0.2, 0) is 9.53 Å². The summed E-state index contributed by atoms with van der Waals surface area (Å²) in [7, 11) is 1.61. The van der Waals surface area contributed by atoms with Crippen LogP contribution in [0.1, 0.15) is 31.9 Å². The summed E-state index contributed by atoms with van der Waals surface area (Å²) in [5.74, 6) is -0.0703. The fourth-order valence-electron chi connectivity index (χ4n) is 4.04. The topological polar surface area (TPSA) is 110 Å². The molecule has 0 unspecified atom stereocenters. The maximum atomic E-state index is 15.0. The van der Waals surface area contributed by atoms with Gasteiger partial charge in [-0.25, -0.2) is 9.18 Å². The minimum atomic E-state index is -0.605. The summed E-state index contributed by atoms with van der Waals surface area (Å²) in [6.07, 6.45) is 2.78. The number of amides is 2. The molecule has 2 atom stereocenters. The standard InChI is InChI=1S/C26H28FN5O4/c1-16(32-14-19(12-30-32)18-5-4-6-21(10-18)35-3)9-25(28)23-8-7-20(11-24(23)27)31-15-22(36-26(31)34)13-29-17(2)33/h4-8,10-12,14,16,22,28H,9,13,15H2,1-3H3,(H,29,33)/t16-,22+/m1/s1. The van der Waals surface area contributed by atoms with Crippen molar-refractivity contribution in [3.05, 3.63) is 66.2 Å². The van der Waals surface area contributed by atoms with Gasteiger partial charge in [-0.05, 0) is 42.8 Å². The summed E-state index contributed by atoms with van der Waals surface area (Å²) >= 11 is 0. The molecule has 1 aromatic heterocycles. The molecule has 1 fully saturated rings. The lowest BCUT2D eigenvalue weighted by atomic mass is 10.0. The van der Waals surface area contributed by atoms with E-state index < -0.39 is 18.0 Å². The number of halogens is 1. The van der Waals surface area contributed by atoms with Crippen molar-refractivity contribution in [2.24, 2.45) is 0 Å². The Morgan fingerprint density at radius 3 is 2.83 bits per heavy atom. The van der Waals surface area contributed by atoms with Gasteiger partial charge in [0, 0.05) is 36.4 Å². The number of aromatic nitrogens is 2. The summed E-state index contributed by atoms with van der Waals surface area (Å²) in [6.45, 7) is 3.68. The Kier molecular flexibility index (Phi) is 7.33. The zero-order chi connectivity index (χ0) is 25.8. The van der Waals surface area contributed by atoms with E-state index in [1.165, 1.54) is 24.0 Å². The smallest absolute Gasteiger partial charge is 0.414 e. The fourth-order valence-corrected chi connectivity index (χ4v) is 4.04. The average Bonchev–Trinajstić information content (AvgIpc) is 3.50. The van der Waals surface area contributed by atoms with Gasteiger partial charge in [0.15, 0.2) is 0 Å². The zero-order valence-electron chi connectivity index (χ0n) is 20.3. The summed E-state index contributed by atoms with van der Waals surface area (Å²) in [6, 6.07) is 11.8. The Hall–Kier alpha value is -4.21. The van der Waals surface area contributed by atoms with E-state index in [1.54, 1.807) is 24.1 Å². The molecule has 0 spiro atoms. The zero-order valence-corrected chi connectivity index (χ0v) is 20.3. The monoisotopic (exact) mass is 493 g/mol. The third-order valence-electron chi connectivity index (χ3n) is 6.00. The predicted molar refractivity (Wildman–Crippen MR) is 133 cm³/mol. The number of nitrogens with one attached hydrogen (secondary N) is 2. The molecule has 9 nitrogen and oxygen atoms in total. The predicted octanol–water partition coefficient (Wildman–Crippen LogP) is 4.18. The molecule has 2 heterocycles. The first-order chi connectivity index (χ1) is 17.2. The number of carbonyl (C=O) groups is 2. The summed E-state index contributed by atoms with van der Waals surface area (Å²) in [5.41, 5.74) is 2.49. The number of cyclic esters (lactones) is 1. The molecule has 2 N–H and O–H groups in total.